The van der Waals surface area contributed by atoms with E-state index in [-0.39, 0.29) is 5.78 Å². The number of nitrogens with zero attached hydrogens (tertiary/aromatic N) is 1. The van der Waals surface area contributed by atoms with Crippen molar-refractivity contribution in [1.29, 1.82) is 0 Å². The van der Waals surface area contributed by atoms with Crippen LogP contribution < -0.4 is 9.47 Å². The highest BCUT2D eigenvalue weighted by atomic mass is 16.5. The SMILES string of the molecule is CCN1CC[C@@](O)(c2ccc(OC)cc2)[C@H](C(=O)c2ccc(OC)cc2)C1. The van der Waals surface area contributed by atoms with E-state index >= 15 is 0 Å². The molecular weight excluding hydrogens is 342 g/mol. The first-order valence-electron chi connectivity index (χ1n) is 9.29. The number of likely N-dealkylation sites (tertiary alicyclic amines) is 1. The Labute approximate surface area is 160 Å². The van der Waals surface area contributed by atoms with Crippen LogP contribution in [0.1, 0.15) is 29.3 Å². The van der Waals surface area contributed by atoms with Crippen molar-refractivity contribution in [3.8, 4) is 11.5 Å². The van der Waals surface area contributed by atoms with E-state index in [9.17, 15) is 9.90 Å². The minimum absolute atomic E-state index is 0.0471. The summed E-state index contributed by atoms with van der Waals surface area (Å²) in [4.78, 5) is 15.5. The highest BCUT2D eigenvalue weighted by Gasteiger charge is 2.46. The van der Waals surface area contributed by atoms with Gasteiger partial charge in [0.1, 0.15) is 17.1 Å². The highest BCUT2D eigenvalue weighted by molar-refractivity contribution is 5.99. The number of ketones is 1. The lowest BCUT2D eigenvalue weighted by Crippen LogP contribution is -2.53. The number of methoxy groups -OCH3 is 2. The lowest BCUT2D eigenvalue weighted by molar-refractivity contribution is -0.0632. The minimum Gasteiger partial charge on any atom is -0.497 e. The van der Waals surface area contributed by atoms with Gasteiger partial charge >= 0.3 is 0 Å². The predicted octanol–water partition coefficient (Wildman–Crippen LogP) is 3.12. The Morgan fingerprint density at radius 2 is 1.63 bits per heavy atom. The normalized spacial score (nSPS) is 23.0. The van der Waals surface area contributed by atoms with E-state index in [0.29, 0.717) is 24.3 Å². The fourth-order valence-electron chi connectivity index (χ4n) is 3.77. The Hall–Kier alpha value is -2.37. The van der Waals surface area contributed by atoms with E-state index in [1.54, 1.807) is 38.5 Å². The molecule has 2 atom stereocenters. The maximum absolute atomic E-state index is 13.3. The van der Waals surface area contributed by atoms with Crippen LogP contribution in [0.15, 0.2) is 48.5 Å². The Balaban J connectivity index is 1.95. The van der Waals surface area contributed by atoms with Gasteiger partial charge < -0.3 is 19.5 Å². The first-order valence-corrected chi connectivity index (χ1v) is 9.29. The van der Waals surface area contributed by atoms with E-state index in [1.165, 1.54) is 0 Å². The van der Waals surface area contributed by atoms with E-state index in [2.05, 4.69) is 11.8 Å². The molecule has 0 bridgehead atoms. The van der Waals surface area contributed by atoms with Crippen LogP contribution in [0.25, 0.3) is 0 Å². The molecule has 1 aliphatic rings. The molecule has 2 aromatic carbocycles. The lowest BCUT2D eigenvalue weighted by atomic mass is 9.72. The number of ether oxygens (including phenoxy) is 2. The van der Waals surface area contributed by atoms with E-state index in [1.807, 2.05) is 24.3 Å². The van der Waals surface area contributed by atoms with Gasteiger partial charge in [-0.1, -0.05) is 19.1 Å². The summed E-state index contributed by atoms with van der Waals surface area (Å²) in [6, 6.07) is 14.5. The average Bonchev–Trinajstić information content (AvgIpc) is 2.73. The van der Waals surface area contributed by atoms with Crippen LogP contribution in [-0.2, 0) is 5.60 Å². The molecule has 27 heavy (non-hydrogen) atoms. The van der Waals surface area contributed by atoms with Crippen LogP contribution in [0.2, 0.25) is 0 Å². The Bertz CT molecular complexity index is 772. The van der Waals surface area contributed by atoms with Crippen LogP contribution in [-0.4, -0.2) is 49.6 Å². The van der Waals surface area contributed by atoms with Crippen LogP contribution in [0.5, 0.6) is 11.5 Å². The standard InChI is InChI=1S/C22H27NO4/c1-4-23-14-13-22(25,17-7-11-19(27-3)12-8-17)20(15-23)21(24)16-5-9-18(26-2)10-6-16/h5-12,20,25H,4,13-15H2,1-3H3/t20-,22+/m0/s1. The number of aliphatic hydroxyl groups is 1. The van der Waals surface area contributed by atoms with Crippen LogP contribution >= 0.6 is 0 Å². The zero-order valence-electron chi connectivity index (χ0n) is 16.1. The lowest BCUT2D eigenvalue weighted by Gasteiger charge is -2.44. The van der Waals surface area contributed by atoms with E-state index in [4.69, 9.17) is 9.47 Å². The second kappa shape index (κ2) is 8.11. The molecule has 0 unspecified atom stereocenters. The summed E-state index contributed by atoms with van der Waals surface area (Å²) in [5.74, 6) is 0.851. The summed E-state index contributed by atoms with van der Waals surface area (Å²) >= 11 is 0. The molecule has 1 aliphatic heterocycles. The summed E-state index contributed by atoms with van der Waals surface area (Å²) in [7, 11) is 3.21. The topological polar surface area (TPSA) is 59.0 Å². The van der Waals surface area contributed by atoms with Gasteiger partial charge in [-0.3, -0.25) is 4.79 Å². The molecule has 0 spiro atoms. The number of piperidine rings is 1. The summed E-state index contributed by atoms with van der Waals surface area (Å²) in [5, 5.41) is 11.6. The molecule has 0 amide bonds. The molecule has 2 aromatic rings. The van der Waals surface area contributed by atoms with Crippen molar-refractivity contribution in [2.75, 3.05) is 33.9 Å². The number of hydrogen-bond donors (Lipinski definition) is 1. The van der Waals surface area contributed by atoms with Gasteiger partial charge in [0.15, 0.2) is 5.78 Å². The smallest absolute Gasteiger partial charge is 0.170 e. The molecule has 1 N–H and O–H groups in total. The van der Waals surface area contributed by atoms with E-state index < -0.39 is 11.5 Å². The van der Waals surface area contributed by atoms with Crippen molar-refractivity contribution in [2.24, 2.45) is 5.92 Å². The van der Waals surface area contributed by atoms with Gasteiger partial charge in [-0.25, -0.2) is 0 Å². The van der Waals surface area contributed by atoms with Gasteiger partial charge in [0.25, 0.3) is 0 Å². The average molecular weight is 369 g/mol. The molecule has 0 aromatic heterocycles. The number of rotatable bonds is 6. The molecule has 5 nitrogen and oxygen atoms in total. The molecule has 1 heterocycles. The zero-order chi connectivity index (χ0) is 19.4. The summed E-state index contributed by atoms with van der Waals surface area (Å²) in [6.45, 7) is 4.22. The molecule has 0 radical (unpaired) electrons. The van der Waals surface area contributed by atoms with Gasteiger partial charge in [-0.2, -0.15) is 0 Å². The number of hydrogen-bond acceptors (Lipinski definition) is 5. The summed E-state index contributed by atoms with van der Waals surface area (Å²) in [5.41, 5.74) is 0.145. The Morgan fingerprint density at radius 3 is 2.15 bits per heavy atom. The third-order valence-electron chi connectivity index (χ3n) is 5.55. The number of Topliss-reactive ketones (excluding diaryl/α,β-unsaturated/α-hetero) is 1. The fourth-order valence-corrected chi connectivity index (χ4v) is 3.77. The van der Waals surface area contributed by atoms with Crippen molar-refractivity contribution in [3.05, 3.63) is 59.7 Å². The van der Waals surface area contributed by atoms with Crippen molar-refractivity contribution in [2.45, 2.75) is 18.9 Å². The second-order valence-corrected chi connectivity index (χ2v) is 6.94. The largest absolute Gasteiger partial charge is 0.497 e. The maximum Gasteiger partial charge on any atom is 0.170 e. The molecular formula is C22H27NO4. The predicted molar refractivity (Wildman–Crippen MR) is 104 cm³/mol. The second-order valence-electron chi connectivity index (χ2n) is 6.94. The molecule has 0 saturated carbocycles. The van der Waals surface area contributed by atoms with Crippen molar-refractivity contribution < 1.29 is 19.4 Å². The Morgan fingerprint density at radius 1 is 1.07 bits per heavy atom. The molecule has 3 rings (SSSR count). The first kappa shape index (κ1) is 19.4. The third kappa shape index (κ3) is 3.84. The van der Waals surface area contributed by atoms with Gasteiger partial charge in [-0.05, 0) is 54.9 Å². The third-order valence-corrected chi connectivity index (χ3v) is 5.55. The number of carbonyl (C=O) groups excluding carboxylic acids is 1. The minimum atomic E-state index is -1.20. The Kier molecular flexibility index (Phi) is 5.82. The van der Waals surface area contributed by atoms with E-state index in [0.717, 1.165) is 24.4 Å². The first-order chi connectivity index (χ1) is 13.0. The van der Waals surface area contributed by atoms with Crippen molar-refractivity contribution in [3.63, 3.8) is 0 Å². The molecule has 5 heteroatoms. The fraction of sp³-hybridized carbons (Fsp3) is 0.409. The van der Waals surface area contributed by atoms with Gasteiger partial charge in [0, 0.05) is 18.7 Å². The zero-order valence-corrected chi connectivity index (χ0v) is 16.1. The summed E-state index contributed by atoms with van der Waals surface area (Å²) < 4.78 is 10.4. The maximum atomic E-state index is 13.3. The van der Waals surface area contributed by atoms with Crippen LogP contribution in [0, 0.1) is 5.92 Å². The van der Waals surface area contributed by atoms with Crippen molar-refractivity contribution >= 4 is 5.78 Å². The van der Waals surface area contributed by atoms with Crippen molar-refractivity contribution in [1.82, 2.24) is 4.90 Å². The molecule has 1 fully saturated rings. The van der Waals surface area contributed by atoms with Gasteiger partial charge in [-0.15, -0.1) is 0 Å². The molecule has 144 valence electrons. The van der Waals surface area contributed by atoms with Gasteiger partial charge in [0.2, 0.25) is 0 Å². The van der Waals surface area contributed by atoms with Crippen LogP contribution in [0.3, 0.4) is 0 Å². The summed E-state index contributed by atoms with van der Waals surface area (Å²) in [6.07, 6.45) is 0.514. The number of carbonyl (C=O) groups is 1. The quantitative estimate of drug-likeness (QED) is 0.793. The molecule has 1 saturated heterocycles. The monoisotopic (exact) mass is 369 g/mol. The number of benzene rings is 2. The van der Waals surface area contributed by atoms with Crippen LogP contribution in [0.4, 0.5) is 0 Å². The molecule has 0 aliphatic carbocycles. The van der Waals surface area contributed by atoms with Gasteiger partial charge in [0.05, 0.1) is 20.1 Å². The highest BCUT2D eigenvalue weighted by Crippen LogP contribution is 2.40.